The van der Waals surface area contributed by atoms with E-state index in [-0.39, 0.29) is 5.69 Å². The Balaban J connectivity index is 1.61. The molecule has 1 heterocycles. The van der Waals surface area contributed by atoms with Gasteiger partial charge in [0.2, 0.25) is 0 Å². The second-order valence-corrected chi connectivity index (χ2v) is 5.07. The van der Waals surface area contributed by atoms with Crippen LogP contribution >= 0.6 is 0 Å². The Hall–Kier alpha value is -3.21. The number of pyridine rings is 1. The molecule has 0 aliphatic carbocycles. The predicted molar refractivity (Wildman–Crippen MR) is 89.4 cm³/mol. The van der Waals surface area contributed by atoms with Gasteiger partial charge >= 0.3 is 0 Å². The van der Waals surface area contributed by atoms with E-state index in [1.165, 1.54) is 18.3 Å². The molecule has 2 aromatic carbocycles. The van der Waals surface area contributed by atoms with Gasteiger partial charge in [-0.05, 0) is 36.4 Å². The van der Waals surface area contributed by atoms with Crippen molar-refractivity contribution in [2.75, 3.05) is 5.32 Å². The van der Waals surface area contributed by atoms with Crippen molar-refractivity contribution in [2.45, 2.75) is 6.61 Å². The van der Waals surface area contributed by atoms with Crippen molar-refractivity contribution in [3.8, 4) is 5.75 Å². The molecule has 24 heavy (non-hydrogen) atoms. The number of para-hydroxylation sites is 2. The molecule has 1 amide bonds. The summed E-state index contributed by atoms with van der Waals surface area (Å²) in [6.45, 7) is 0.305. The fourth-order valence-electron chi connectivity index (χ4n) is 2.08. The third kappa shape index (κ3) is 3.95. The lowest BCUT2D eigenvalue weighted by molar-refractivity contribution is 0.102. The third-order valence-corrected chi connectivity index (χ3v) is 3.34. The standard InChI is InChI=1S/C19H15FN2O2/c20-17-8-4-5-9-18(17)22-19(23)14-10-11-15(21-12-14)13-24-16-6-2-1-3-7-16/h1-12H,13H2,(H,22,23). The molecule has 1 N–H and O–H groups in total. The van der Waals surface area contributed by atoms with Gasteiger partial charge < -0.3 is 10.1 Å². The highest BCUT2D eigenvalue weighted by molar-refractivity contribution is 6.04. The largest absolute Gasteiger partial charge is 0.487 e. The van der Waals surface area contributed by atoms with E-state index in [0.717, 1.165) is 5.75 Å². The van der Waals surface area contributed by atoms with Gasteiger partial charge in [-0.2, -0.15) is 0 Å². The van der Waals surface area contributed by atoms with Gasteiger partial charge in [0.1, 0.15) is 18.2 Å². The van der Waals surface area contributed by atoms with E-state index in [2.05, 4.69) is 10.3 Å². The van der Waals surface area contributed by atoms with Crippen LogP contribution in [-0.2, 0) is 6.61 Å². The maximum Gasteiger partial charge on any atom is 0.257 e. The second kappa shape index (κ2) is 7.37. The quantitative estimate of drug-likeness (QED) is 0.771. The van der Waals surface area contributed by atoms with Crippen molar-refractivity contribution in [3.05, 3.63) is 90.0 Å². The number of hydrogen-bond donors (Lipinski definition) is 1. The summed E-state index contributed by atoms with van der Waals surface area (Å²) >= 11 is 0. The number of benzene rings is 2. The Bertz CT molecular complexity index is 820. The minimum atomic E-state index is -0.480. The summed E-state index contributed by atoms with van der Waals surface area (Å²) in [4.78, 5) is 16.3. The average Bonchev–Trinajstić information content (AvgIpc) is 2.63. The maximum atomic E-state index is 13.5. The number of halogens is 1. The molecule has 3 rings (SSSR count). The summed E-state index contributed by atoms with van der Waals surface area (Å²) in [7, 11) is 0. The van der Waals surface area contributed by atoms with Crippen LogP contribution < -0.4 is 10.1 Å². The molecule has 0 bridgehead atoms. The zero-order valence-electron chi connectivity index (χ0n) is 12.8. The van der Waals surface area contributed by atoms with Crippen LogP contribution in [0.15, 0.2) is 72.9 Å². The highest BCUT2D eigenvalue weighted by Crippen LogP contribution is 2.14. The molecule has 0 fully saturated rings. The first-order chi connectivity index (χ1) is 11.7. The molecule has 0 radical (unpaired) electrons. The number of carbonyl (C=O) groups is 1. The number of nitrogens with one attached hydrogen (secondary N) is 1. The van der Waals surface area contributed by atoms with E-state index in [4.69, 9.17) is 4.74 Å². The van der Waals surface area contributed by atoms with Gasteiger partial charge in [0, 0.05) is 6.20 Å². The average molecular weight is 322 g/mol. The summed E-state index contributed by atoms with van der Waals surface area (Å²) in [6.07, 6.45) is 1.44. The molecule has 0 saturated carbocycles. The first-order valence-corrected chi connectivity index (χ1v) is 7.41. The van der Waals surface area contributed by atoms with Crippen molar-refractivity contribution in [2.24, 2.45) is 0 Å². The monoisotopic (exact) mass is 322 g/mol. The number of carbonyl (C=O) groups excluding carboxylic acids is 1. The third-order valence-electron chi connectivity index (χ3n) is 3.34. The molecule has 0 spiro atoms. The molecule has 0 unspecified atom stereocenters. The van der Waals surface area contributed by atoms with E-state index in [0.29, 0.717) is 17.9 Å². The number of amides is 1. The second-order valence-electron chi connectivity index (χ2n) is 5.07. The van der Waals surface area contributed by atoms with Gasteiger partial charge in [0.15, 0.2) is 0 Å². The maximum absolute atomic E-state index is 13.5. The fourth-order valence-corrected chi connectivity index (χ4v) is 2.08. The van der Waals surface area contributed by atoms with Crippen molar-refractivity contribution in [1.29, 1.82) is 0 Å². The van der Waals surface area contributed by atoms with E-state index in [9.17, 15) is 9.18 Å². The summed E-state index contributed by atoms with van der Waals surface area (Å²) in [5.74, 6) is -0.143. The van der Waals surface area contributed by atoms with Crippen molar-refractivity contribution < 1.29 is 13.9 Å². The topological polar surface area (TPSA) is 51.2 Å². The van der Waals surface area contributed by atoms with Gasteiger partial charge in [0.05, 0.1) is 16.9 Å². The highest BCUT2D eigenvalue weighted by atomic mass is 19.1. The lowest BCUT2D eigenvalue weighted by Gasteiger charge is -2.08. The first kappa shape index (κ1) is 15.7. The van der Waals surface area contributed by atoms with Crippen molar-refractivity contribution in [3.63, 3.8) is 0 Å². The Morgan fingerprint density at radius 2 is 1.75 bits per heavy atom. The zero-order chi connectivity index (χ0) is 16.8. The molecule has 1 aromatic heterocycles. The van der Waals surface area contributed by atoms with Crippen LogP contribution in [0.5, 0.6) is 5.75 Å². The number of ether oxygens (including phenoxy) is 1. The summed E-state index contributed by atoms with van der Waals surface area (Å²) in [5.41, 5.74) is 1.18. The van der Waals surface area contributed by atoms with Gasteiger partial charge in [-0.1, -0.05) is 30.3 Å². The molecule has 0 aliphatic heterocycles. The number of aromatic nitrogens is 1. The predicted octanol–water partition coefficient (Wildman–Crippen LogP) is 4.05. The van der Waals surface area contributed by atoms with Crippen LogP contribution in [0.2, 0.25) is 0 Å². The number of anilines is 1. The summed E-state index contributed by atoms with van der Waals surface area (Å²) in [6, 6.07) is 18.8. The molecule has 0 saturated heterocycles. The SMILES string of the molecule is O=C(Nc1ccccc1F)c1ccc(COc2ccccc2)nc1. The number of hydrogen-bond acceptors (Lipinski definition) is 3. The van der Waals surface area contributed by atoms with Crippen molar-refractivity contribution in [1.82, 2.24) is 4.98 Å². The van der Waals surface area contributed by atoms with Gasteiger partial charge in [-0.25, -0.2) is 4.39 Å². The van der Waals surface area contributed by atoms with E-state index >= 15 is 0 Å². The first-order valence-electron chi connectivity index (χ1n) is 7.41. The van der Waals surface area contributed by atoms with E-state index in [1.54, 1.807) is 24.3 Å². The van der Waals surface area contributed by atoms with Gasteiger partial charge in [0.25, 0.3) is 5.91 Å². The molecule has 0 aliphatic rings. The molecule has 120 valence electrons. The highest BCUT2D eigenvalue weighted by Gasteiger charge is 2.09. The fraction of sp³-hybridized carbons (Fsp3) is 0.0526. The van der Waals surface area contributed by atoms with Gasteiger partial charge in [-0.15, -0.1) is 0 Å². The lowest BCUT2D eigenvalue weighted by Crippen LogP contribution is -2.13. The Labute approximate surface area is 138 Å². The minimum absolute atomic E-state index is 0.138. The molecule has 5 heteroatoms. The lowest BCUT2D eigenvalue weighted by atomic mass is 10.2. The van der Waals surface area contributed by atoms with Crippen LogP contribution in [0, 0.1) is 5.82 Å². The number of nitrogens with zero attached hydrogens (tertiary/aromatic N) is 1. The molecule has 0 atom stereocenters. The Kier molecular flexibility index (Phi) is 4.81. The normalized spacial score (nSPS) is 10.2. The van der Waals surface area contributed by atoms with E-state index < -0.39 is 11.7 Å². The minimum Gasteiger partial charge on any atom is -0.487 e. The van der Waals surface area contributed by atoms with Crippen LogP contribution in [0.25, 0.3) is 0 Å². The summed E-state index contributed by atoms with van der Waals surface area (Å²) < 4.78 is 19.1. The van der Waals surface area contributed by atoms with Crippen LogP contribution in [-0.4, -0.2) is 10.9 Å². The Morgan fingerprint density at radius 1 is 1.00 bits per heavy atom. The Morgan fingerprint density at radius 3 is 2.46 bits per heavy atom. The number of rotatable bonds is 5. The van der Waals surface area contributed by atoms with Crippen LogP contribution in [0.4, 0.5) is 10.1 Å². The van der Waals surface area contributed by atoms with Crippen LogP contribution in [0.1, 0.15) is 16.1 Å². The molecule has 4 nitrogen and oxygen atoms in total. The molecular weight excluding hydrogens is 307 g/mol. The molecule has 3 aromatic rings. The smallest absolute Gasteiger partial charge is 0.257 e. The van der Waals surface area contributed by atoms with E-state index in [1.807, 2.05) is 30.3 Å². The van der Waals surface area contributed by atoms with Crippen molar-refractivity contribution >= 4 is 11.6 Å². The molecular formula is C19H15FN2O2. The zero-order valence-corrected chi connectivity index (χ0v) is 12.8. The van der Waals surface area contributed by atoms with Gasteiger partial charge in [-0.3, -0.25) is 9.78 Å². The summed E-state index contributed by atoms with van der Waals surface area (Å²) in [5, 5.41) is 2.52. The van der Waals surface area contributed by atoms with Crippen LogP contribution in [0.3, 0.4) is 0 Å².